The van der Waals surface area contributed by atoms with E-state index in [9.17, 15) is 14.4 Å². The van der Waals surface area contributed by atoms with Crippen LogP contribution in [0.15, 0.2) is 55.6 Å². The van der Waals surface area contributed by atoms with Crippen molar-refractivity contribution in [2.45, 2.75) is 58.6 Å². The van der Waals surface area contributed by atoms with Crippen molar-refractivity contribution in [2.24, 2.45) is 11.8 Å². The molecule has 0 spiro atoms. The van der Waals surface area contributed by atoms with E-state index < -0.39 is 29.5 Å². The molecule has 31 heavy (non-hydrogen) atoms. The smallest absolute Gasteiger partial charge is 0.309 e. The van der Waals surface area contributed by atoms with Crippen LogP contribution in [-0.2, 0) is 23.9 Å². The van der Waals surface area contributed by atoms with Crippen molar-refractivity contribution < 1.29 is 23.9 Å². The Bertz CT molecular complexity index is 751. The molecule has 3 atom stereocenters. The first-order valence-electron chi connectivity index (χ1n) is 10.5. The molecule has 0 unspecified atom stereocenters. The molecule has 0 saturated carbocycles. The summed E-state index contributed by atoms with van der Waals surface area (Å²) >= 11 is 0. The maximum absolute atomic E-state index is 12.7. The van der Waals surface area contributed by atoms with Gasteiger partial charge in [0.15, 0.2) is 0 Å². The van der Waals surface area contributed by atoms with Crippen LogP contribution in [0.5, 0.6) is 0 Å². The second-order valence-corrected chi connectivity index (χ2v) is 8.54. The van der Waals surface area contributed by atoms with Crippen molar-refractivity contribution in [2.75, 3.05) is 6.61 Å². The molecule has 1 aromatic rings. The van der Waals surface area contributed by atoms with E-state index in [1.807, 2.05) is 37.3 Å². The predicted octanol–water partition coefficient (Wildman–Crippen LogP) is 4.52. The van der Waals surface area contributed by atoms with Crippen LogP contribution in [0.3, 0.4) is 0 Å². The topological polar surface area (TPSA) is 81.7 Å². The van der Waals surface area contributed by atoms with Crippen LogP contribution >= 0.6 is 0 Å². The van der Waals surface area contributed by atoms with Gasteiger partial charge in [-0.05, 0) is 39.2 Å². The maximum Gasteiger partial charge on any atom is 0.309 e. The van der Waals surface area contributed by atoms with Crippen molar-refractivity contribution in [3.63, 3.8) is 0 Å². The number of ether oxygens (including phenoxy) is 2. The van der Waals surface area contributed by atoms with Gasteiger partial charge in [0.2, 0.25) is 5.91 Å². The minimum Gasteiger partial charge on any atom is -0.463 e. The van der Waals surface area contributed by atoms with Gasteiger partial charge in [-0.3, -0.25) is 14.4 Å². The molecule has 1 amide bonds. The molecular formula is C25H35NO5. The van der Waals surface area contributed by atoms with Gasteiger partial charge in [0.05, 0.1) is 18.4 Å². The Morgan fingerprint density at radius 1 is 1.06 bits per heavy atom. The summed E-state index contributed by atoms with van der Waals surface area (Å²) in [5, 5.41) is 2.94. The van der Waals surface area contributed by atoms with Gasteiger partial charge in [-0.15, -0.1) is 13.2 Å². The van der Waals surface area contributed by atoms with E-state index in [0.717, 1.165) is 5.56 Å². The van der Waals surface area contributed by atoms with E-state index in [0.29, 0.717) is 6.42 Å². The number of carbonyl (C=O) groups is 3. The summed E-state index contributed by atoms with van der Waals surface area (Å²) in [6.45, 7) is 14.4. The third-order valence-corrected chi connectivity index (χ3v) is 4.50. The summed E-state index contributed by atoms with van der Waals surface area (Å²) < 4.78 is 10.8. The zero-order chi connectivity index (χ0) is 23.4. The standard InChI is InChI=1S/C25H35NO5/c1-7-12-18(3)23(28)26-21(19-14-10-9-11-15-19)17-30-24(29)20(13-8-2)16-22(27)31-25(4,5)6/h7-11,14-15,18,20-21H,1-2,12-13,16-17H2,3-6H3,(H,26,28)/t18-,20-,21-/m0/s1. The van der Waals surface area contributed by atoms with Gasteiger partial charge in [0.1, 0.15) is 12.2 Å². The van der Waals surface area contributed by atoms with Gasteiger partial charge >= 0.3 is 11.9 Å². The molecule has 0 aliphatic rings. The number of rotatable bonds is 12. The Hall–Kier alpha value is -2.89. The molecule has 1 aromatic carbocycles. The largest absolute Gasteiger partial charge is 0.463 e. The van der Waals surface area contributed by atoms with Gasteiger partial charge in [-0.2, -0.15) is 0 Å². The SMILES string of the molecule is C=CC[C@@H](CC(=O)OC(C)(C)C)C(=O)OC[C@H](NC(=O)[C@@H](C)CC=C)c1ccccc1. The monoisotopic (exact) mass is 429 g/mol. The van der Waals surface area contributed by atoms with Gasteiger partial charge < -0.3 is 14.8 Å². The third-order valence-electron chi connectivity index (χ3n) is 4.50. The number of amides is 1. The van der Waals surface area contributed by atoms with Crippen molar-refractivity contribution in [3.05, 3.63) is 61.2 Å². The molecule has 6 heteroatoms. The Kier molecular flexibility index (Phi) is 10.7. The highest BCUT2D eigenvalue weighted by Crippen LogP contribution is 2.19. The Balaban J connectivity index is 2.84. The second kappa shape index (κ2) is 12.7. The summed E-state index contributed by atoms with van der Waals surface area (Å²) in [5.74, 6) is -2.09. The van der Waals surface area contributed by atoms with Crippen LogP contribution in [-0.4, -0.2) is 30.1 Å². The van der Waals surface area contributed by atoms with Crippen LogP contribution in [0.25, 0.3) is 0 Å². The van der Waals surface area contributed by atoms with E-state index in [1.165, 1.54) is 0 Å². The van der Waals surface area contributed by atoms with Crippen LogP contribution < -0.4 is 5.32 Å². The predicted molar refractivity (Wildman–Crippen MR) is 121 cm³/mol. The Labute approximate surface area is 185 Å². The number of benzene rings is 1. The number of allylic oxidation sites excluding steroid dienone is 2. The first kappa shape index (κ1) is 26.1. The van der Waals surface area contributed by atoms with Crippen LogP contribution in [0.4, 0.5) is 0 Å². The van der Waals surface area contributed by atoms with Gasteiger partial charge in [0.25, 0.3) is 0 Å². The molecule has 0 aliphatic heterocycles. The molecule has 170 valence electrons. The van der Waals surface area contributed by atoms with Crippen molar-refractivity contribution in [3.8, 4) is 0 Å². The average Bonchev–Trinajstić information content (AvgIpc) is 2.69. The van der Waals surface area contributed by atoms with E-state index in [4.69, 9.17) is 9.47 Å². The van der Waals surface area contributed by atoms with E-state index in [1.54, 1.807) is 32.9 Å². The fourth-order valence-electron chi connectivity index (χ4n) is 2.91. The molecule has 1 N–H and O–H groups in total. The number of carbonyl (C=O) groups excluding carboxylic acids is 3. The second-order valence-electron chi connectivity index (χ2n) is 8.54. The lowest BCUT2D eigenvalue weighted by Gasteiger charge is -2.23. The third kappa shape index (κ3) is 10.1. The lowest BCUT2D eigenvalue weighted by molar-refractivity contribution is -0.161. The minimum atomic E-state index is -0.695. The highest BCUT2D eigenvalue weighted by Gasteiger charge is 2.27. The minimum absolute atomic E-state index is 0.0443. The zero-order valence-corrected chi connectivity index (χ0v) is 19.1. The number of hydrogen-bond donors (Lipinski definition) is 1. The Morgan fingerprint density at radius 2 is 1.68 bits per heavy atom. The first-order chi connectivity index (χ1) is 14.6. The highest BCUT2D eigenvalue weighted by molar-refractivity contribution is 5.81. The fourth-order valence-corrected chi connectivity index (χ4v) is 2.91. The first-order valence-corrected chi connectivity index (χ1v) is 10.5. The quantitative estimate of drug-likeness (QED) is 0.390. The van der Waals surface area contributed by atoms with Crippen molar-refractivity contribution in [1.82, 2.24) is 5.32 Å². The van der Waals surface area contributed by atoms with Crippen LogP contribution in [0, 0.1) is 11.8 Å². The molecule has 0 bridgehead atoms. The summed E-state index contributed by atoms with van der Waals surface area (Å²) in [5.41, 5.74) is 0.187. The van der Waals surface area contributed by atoms with Gasteiger partial charge in [-0.25, -0.2) is 0 Å². The number of esters is 2. The highest BCUT2D eigenvalue weighted by atomic mass is 16.6. The van der Waals surface area contributed by atoms with Crippen molar-refractivity contribution in [1.29, 1.82) is 0 Å². The normalized spacial score (nSPS) is 13.9. The maximum atomic E-state index is 12.7. The molecular weight excluding hydrogens is 394 g/mol. The molecule has 0 radical (unpaired) electrons. The summed E-state index contributed by atoms with van der Waals surface area (Å²) in [6.07, 6.45) is 4.00. The van der Waals surface area contributed by atoms with Gasteiger partial charge in [-0.1, -0.05) is 49.4 Å². The van der Waals surface area contributed by atoms with Crippen molar-refractivity contribution >= 4 is 17.8 Å². The lowest BCUT2D eigenvalue weighted by Crippen LogP contribution is -2.36. The number of nitrogens with one attached hydrogen (secondary N) is 1. The lowest BCUT2D eigenvalue weighted by atomic mass is 10.0. The van der Waals surface area contributed by atoms with E-state index >= 15 is 0 Å². The fraction of sp³-hybridized carbons (Fsp3) is 0.480. The molecule has 0 heterocycles. The summed E-state index contributed by atoms with van der Waals surface area (Å²) in [7, 11) is 0. The molecule has 6 nitrogen and oxygen atoms in total. The molecule has 0 aromatic heterocycles. The van der Waals surface area contributed by atoms with Crippen LogP contribution in [0.1, 0.15) is 58.6 Å². The average molecular weight is 430 g/mol. The van der Waals surface area contributed by atoms with Gasteiger partial charge in [0, 0.05) is 5.92 Å². The number of hydrogen-bond acceptors (Lipinski definition) is 5. The van der Waals surface area contributed by atoms with E-state index in [-0.39, 0.29) is 31.3 Å². The Morgan fingerprint density at radius 3 is 2.23 bits per heavy atom. The van der Waals surface area contributed by atoms with E-state index in [2.05, 4.69) is 18.5 Å². The molecule has 1 rings (SSSR count). The summed E-state index contributed by atoms with van der Waals surface area (Å²) in [4.78, 5) is 37.4. The molecule has 0 saturated heterocycles. The molecule has 0 fully saturated rings. The zero-order valence-electron chi connectivity index (χ0n) is 19.1. The summed E-state index contributed by atoms with van der Waals surface area (Å²) in [6, 6.07) is 8.79. The van der Waals surface area contributed by atoms with Crippen LogP contribution in [0.2, 0.25) is 0 Å². The molecule has 0 aliphatic carbocycles.